The molecular weight excluding hydrogens is 506 g/mol. The minimum Gasteiger partial charge on any atom is -0.391 e. The maximum absolute atomic E-state index is 13.3. The quantitative estimate of drug-likeness (QED) is 0.346. The second-order valence-corrected chi connectivity index (χ2v) is 10.0. The van der Waals surface area contributed by atoms with Crippen LogP contribution in [0.1, 0.15) is 85.6 Å². The van der Waals surface area contributed by atoms with Crippen LogP contribution in [0.3, 0.4) is 0 Å². The molecule has 1 saturated carbocycles. The van der Waals surface area contributed by atoms with Crippen molar-refractivity contribution in [2.24, 2.45) is 0 Å². The second kappa shape index (κ2) is 16.3. The van der Waals surface area contributed by atoms with Gasteiger partial charge in [0.05, 0.1) is 18.8 Å². The van der Waals surface area contributed by atoms with E-state index in [1.165, 1.54) is 18.9 Å². The van der Waals surface area contributed by atoms with Crippen molar-refractivity contribution in [2.45, 2.75) is 84.5 Å². The molecule has 0 bridgehead atoms. The average molecular weight is 549 g/mol. The first kappa shape index (κ1) is 32.3. The number of rotatable bonds is 11. The molecule has 2 amide bonds. The second-order valence-electron chi connectivity index (χ2n) is 10.0. The van der Waals surface area contributed by atoms with E-state index in [1.54, 1.807) is 30.9 Å². The number of ether oxygens (including phenoxy) is 1. The van der Waals surface area contributed by atoms with Crippen LogP contribution >= 0.6 is 0 Å². The molecule has 3 rings (SSSR count). The summed E-state index contributed by atoms with van der Waals surface area (Å²) in [4.78, 5) is 27.1. The Morgan fingerprint density at radius 1 is 0.974 bits per heavy atom. The van der Waals surface area contributed by atoms with Gasteiger partial charge in [0.1, 0.15) is 17.7 Å². The van der Waals surface area contributed by atoms with Crippen LogP contribution in [-0.4, -0.2) is 64.9 Å². The molecule has 9 heteroatoms. The van der Waals surface area contributed by atoms with Crippen molar-refractivity contribution < 1.29 is 33.3 Å². The molecule has 0 radical (unpaired) electrons. The van der Waals surface area contributed by atoms with Crippen LogP contribution in [0.5, 0.6) is 0 Å². The Balaban J connectivity index is 0.000000370. The van der Waals surface area contributed by atoms with Gasteiger partial charge in [-0.05, 0) is 75.4 Å². The third kappa shape index (κ3) is 11.0. The van der Waals surface area contributed by atoms with E-state index >= 15 is 0 Å². The summed E-state index contributed by atoms with van der Waals surface area (Å²) in [5.74, 6) is -2.22. The first-order valence-electron chi connectivity index (χ1n) is 13.7. The van der Waals surface area contributed by atoms with Crippen LogP contribution in [-0.2, 0) is 4.74 Å². The van der Waals surface area contributed by atoms with E-state index < -0.39 is 29.7 Å². The summed E-state index contributed by atoms with van der Waals surface area (Å²) < 4.78 is 32.0. The fourth-order valence-electron chi connectivity index (χ4n) is 4.33. The van der Waals surface area contributed by atoms with E-state index in [0.717, 1.165) is 49.4 Å². The molecular formula is C30H42F2N2O5. The van der Waals surface area contributed by atoms with Crippen LogP contribution in [0.4, 0.5) is 14.5 Å². The number of benzene rings is 2. The Bertz CT molecular complexity index is 1050. The molecule has 0 aromatic heterocycles. The van der Waals surface area contributed by atoms with Gasteiger partial charge in [0, 0.05) is 36.0 Å². The van der Waals surface area contributed by atoms with Crippen LogP contribution in [0, 0.1) is 18.6 Å². The molecule has 2 unspecified atom stereocenters. The van der Waals surface area contributed by atoms with Crippen molar-refractivity contribution in [3.8, 4) is 0 Å². The summed E-state index contributed by atoms with van der Waals surface area (Å²) in [6.45, 7) is 8.92. The molecule has 39 heavy (non-hydrogen) atoms. The predicted molar refractivity (Wildman–Crippen MR) is 148 cm³/mol. The van der Waals surface area contributed by atoms with E-state index in [9.17, 15) is 23.5 Å². The number of carbonyl (C=O) groups excluding carboxylic acids is 2. The number of amides is 2. The van der Waals surface area contributed by atoms with Gasteiger partial charge in [-0.25, -0.2) is 8.78 Å². The van der Waals surface area contributed by atoms with Gasteiger partial charge in [0.15, 0.2) is 0 Å². The lowest BCUT2D eigenvalue weighted by molar-refractivity contribution is -0.0531. The van der Waals surface area contributed by atoms with E-state index in [1.807, 2.05) is 13.8 Å². The fourth-order valence-corrected chi connectivity index (χ4v) is 4.33. The molecule has 2 atom stereocenters. The topological polar surface area (TPSA) is 99.1 Å². The molecule has 1 aliphatic carbocycles. The number of nitrogens with zero attached hydrogens (tertiary/aromatic N) is 1. The van der Waals surface area contributed by atoms with E-state index in [-0.39, 0.29) is 23.8 Å². The monoisotopic (exact) mass is 548 g/mol. The van der Waals surface area contributed by atoms with Gasteiger partial charge in [-0.2, -0.15) is 0 Å². The normalized spacial score (nSPS) is 14.8. The first-order valence-corrected chi connectivity index (χ1v) is 13.7. The van der Waals surface area contributed by atoms with Gasteiger partial charge in [-0.15, -0.1) is 0 Å². The van der Waals surface area contributed by atoms with E-state index in [4.69, 9.17) is 9.84 Å². The predicted octanol–water partition coefficient (Wildman–Crippen LogP) is 5.48. The van der Waals surface area contributed by atoms with E-state index in [0.29, 0.717) is 24.8 Å². The zero-order valence-electron chi connectivity index (χ0n) is 23.4. The summed E-state index contributed by atoms with van der Waals surface area (Å²) in [7, 11) is 0. The Kier molecular flexibility index (Phi) is 13.5. The average Bonchev–Trinajstić information content (AvgIpc) is 3.40. The summed E-state index contributed by atoms with van der Waals surface area (Å²) in [6, 6.07) is 7.68. The molecule has 3 N–H and O–H groups in total. The highest BCUT2D eigenvalue weighted by Gasteiger charge is 2.19. The number of carbonyl (C=O) groups is 2. The number of nitrogens with one attached hydrogen (secondary N) is 1. The van der Waals surface area contributed by atoms with Crippen molar-refractivity contribution in [3.05, 3.63) is 64.7 Å². The molecule has 1 aliphatic rings. The third-order valence-corrected chi connectivity index (χ3v) is 6.34. The van der Waals surface area contributed by atoms with E-state index in [2.05, 4.69) is 5.32 Å². The highest BCUT2D eigenvalue weighted by molar-refractivity contribution is 6.06. The third-order valence-electron chi connectivity index (χ3n) is 6.34. The minimum atomic E-state index is -0.778. The summed E-state index contributed by atoms with van der Waals surface area (Å²) in [6.07, 6.45) is 5.26. The van der Waals surface area contributed by atoms with Crippen LogP contribution in [0.25, 0.3) is 0 Å². The number of hydrogen-bond donors (Lipinski definition) is 3. The number of hydrogen-bond acceptors (Lipinski definition) is 5. The molecule has 0 aliphatic heterocycles. The molecule has 2 aromatic rings. The molecule has 2 aromatic carbocycles. The molecule has 216 valence electrons. The molecule has 0 saturated heterocycles. The first-order chi connectivity index (χ1) is 18.5. The molecule has 7 nitrogen and oxygen atoms in total. The Morgan fingerprint density at radius 3 is 2.08 bits per heavy atom. The fraction of sp³-hybridized carbons (Fsp3) is 0.533. The van der Waals surface area contributed by atoms with Crippen molar-refractivity contribution in [1.82, 2.24) is 4.90 Å². The lowest BCUT2D eigenvalue weighted by Gasteiger charge is -2.22. The van der Waals surface area contributed by atoms with Gasteiger partial charge >= 0.3 is 0 Å². The van der Waals surface area contributed by atoms with Crippen molar-refractivity contribution >= 4 is 17.5 Å². The number of aryl methyl sites for hydroxylation is 1. The van der Waals surface area contributed by atoms with Crippen molar-refractivity contribution in [1.29, 1.82) is 0 Å². The number of aliphatic hydroxyl groups is 2. The minimum absolute atomic E-state index is 0.0190. The van der Waals surface area contributed by atoms with Gasteiger partial charge in [0.2, 0.25) is 0 Å². The van der Waals surface area contributed by atoms with Gasteiger partial charge in [-0.1, -0.05) is 26.7 Å². The highest BCUT2D eigenvalue weighted by atomic mass is 19.1. The largest absolute Gasteiger partial charge is 0.391 e. The lowest BCUT2D eigenvalue weighted by atomic mass is 10.0. The lowest BCUT2D eigenvalue weighted by Crippen LogP contribution is -2.32. The van der Waals surface area contributed by atoms with Crippen molar-refractivity contribution in [3.63, 3.8) is 0 Å². The number of aliphatic hydroxyl groups excluding tert-OH is 2. The molecule has 0 spiro atoms. The molecule has 0 heterocycles. The highest BCUT2D eigenvalue weighted by Crippen LogP contribution is 2.21. The zero-order valence-corrected chi connectivity index (χ0v) is 23.4. The van der Waals surface area contributed by atoms with Gasteiger partial charge in [0.25, 0.3) is 11.8 Å². The number of halogens is 2. The Labute approximate surface area is 230 Å². The van der Waals surface area contributed by atoms with Crippen LogP contribution in [0.2, 0.25) is 0 Å². The van der Waals surface area contributed by atoms with Crippen molar-refractivity contribution in [2.75, 3.05) is 25.0 Å². The van der Waals surface area contributed by atoms with Crippen LogP contribution in [0.15, 0.2) is 36.4 Å². The van der Waals surface area contributed by atoms with Gasteiger partial charge < -0.3 is 25.2 Å². The summed E-state index contributed by atoms with van der Waals surface area (Å²) in [5, 5.41) is 20.6. The summed E-state index contributed by atoms with van der Waals surface area (Å²) in [5.41, 5.74) is 1.46. The Hall–Kier alpha value is -2.88. The zero-order chi connectivity index (χ0) is 28.9. The van der Waals surface area contributed by atoms with Crippen LogP contribution < -0.4 is 5.32 Å². The Morgan fingerprint density at radius 2 is 1.54 bits per heavy atom. The number of anilines is 1. The maximum Gasteiger partial charge on any atom is 0.255 e. The maximum atomic E-state index is 13.3. The smallest absolute Gasteiger partial charge is 0.255 e. The standard InChI is InChI=1S/C21H24F2N2O2.C9H18O3/c1-4-6-25(7-5-2)21(27)16-9-14(3)8-15(10-16)20(26)24-19-12-17(22)11-18(23)13-19;1-7(10)9(11)6-12-8-4-2-3-5-8/h8-13H,4-7H2,1-3H3,(H,24,26);7-11H,2-6H2,1H3. The molecule has 1 fully saturated rings. The SMILES string of the molecule is CC(O)C(O)COC1CCCC1.CCCN(CCC)C(=O)c1cc(C)cc(C(=O)Nc2cc(F)cc(F)c2)c1. The summed E-state index contributed by atoms with van der Waals surface area (Å²) >= 11 is 0. The van der Waals surface area contributed by atoms with Gasteiger partial charge in [-0.3, -0.25) is 9.59 Å².